The van der Waals surface area contributed by atoms with Crippen LogP contribution in [0.25, 0.3) is 0 Å². The lowest BCUT2D eigenvalue weighted by atomic mass is 9.99. The second kappa shape index (κ2) is 8.31. The van der Waals surface area contributed by atoms with Crippen molar-refractivity contribution in [3.05, 3.63) is 29.8 Å². The van der Waals surface area contributed by atoms with E-state index >= 15 is 0 Å². The van der Waals surface area contributed by atoms with Crippen molar-refractivity contribution in [2.45, 2.75) is 60.2 Å². The van der Waals surface area contributed by atoms with E-state index in [1.165, 1.54) is 5.56 Å². The van der Waals surface area contributed by atoms with Crippen LogP contribution in [-0.4, -0.2) is 12.9 Å². The van der Waals surface area contributed by atoms with E-state index < -0.39 is 0 Å². The molecule has 0 heterocycles. The first-order chi connectivity index (χ1) is 9.43. The highest BCUT2D eigenvalue weighted by Gasteiger charge is 2.16. The van der Waals surface area contributed by atoms with E-state index in [1.807, 2.05) is 0 Å². The monoisotopic (exact) mass is 278 g/mol. The topological polar surface area (TPSA) is 18.5 Å². The van der Waals surface area contributed by atoms with Crippen LogP contribution in [0, 0.1) is 11.8 Å². The lowest BCUT2D eigenvalue weighted by Gasteiger charge is -2.24. The number of hydrogen-bond donors (Lipinski definition) is 0. The van der Waals surface area contributed by atoms with Gasteiger partial charge in [-0.25, -0.2) is 0 Å². The van der Waals surface area contributed by atoms with Crippen molar-refractivity contribution < 1.29 is 9.47 Å². The van der Waals surface area contributed by atoms with Crippen molar-refractivity contribution in [1.29, 1.82) is 0 Å². The van der Waals surface area contributed by atoms with Crippen molar-refractivity contribution >= 4 is 0 Å². The van der Waals surface area contributed by atoms with Gasteiger partial charge in [0.05, 0.1) is 6.61 Å². The van der Waals surface area contributed by atoms with Gasteiger partial charge in [0, 0.05) is 5.92 Å². The van der Waals surface area contributed by atoms with Crippen molar-refractivity contribution in [1.82, 2.24) is 0 Å². The van der Waals surface area contributed by atoms with E-state index in [0.29, 0.717) is 17.8 Å². The summed E-state index contributed by atoms with van der Waals surface area (Å²) in [7, 11) is 0. The highest BCUT2D eigenvalue weighted by atomic mass is 16.7. The summed E-state index contributed by atoms with van der Waals surface area (Å²) >= 11 is 0. The van der Waals surface area contributed by atoms with Gasteiger partial charge in [-0.1, -0.05) is 53.7 Å². The van der Waals surface area contributed by atoms with Gasteiger partial charge in [-0.05, 0) is 36.0 Å². The Balaban J connectivity index is 2.64. The molecule has 0 aliphatic heterocycles. The number of ether oxygens (including phenoxy) is 2. The maximum atomic E-state index is 5.97. The summed E-state index contributed by atoms with van der Waals surface area (Å²) in [4.78, 5) is 0. The Kier molecular flexibility index (Phi) is 7.08. The van der Waals surface area contributed by atoms with Gasteiger partial charge in [0.25, 0.3) is 0 Å². The summed E-state index contributed by atoms with van der Waals surface area (Å²) in [6.07, 6.45) is 0.985. The lowest BCUT2D eigenvalue weighted by molar-refractivity contribution is -0.115. The van der Waals surface area contributed by atoms with Crippen molar-refractivity contribution in [3.63, 3.8) is 0 Å². The van der Waals surface area contributed by atoms with Crippen LogP contribution in [0.4, 0.5) is 0 Å². The van der Waals surface area contributed by atoms with Crippen LogP contribution in [0.5, 0.6) is 5.75 Å². The molecular weight excluding hydrogens is 248 g/mol. The van der Waals surface area contributed by atoms with E-state index in [1.54, 1.807) is 0 Å². The average molecular weight is 278 g/mol. The van der Waals surface area contributed by atoms with Gasteiger partial charge in [0.2, 0.25) is 6.29 Å². The van der Waals surface area contributed by atoms with Crippen LogP contribution in [0.15, 0.2) is 24.3 Å². The molecule has 0 aromatic heterocycles. The number of rotatable bonds is 8. The molecule has 2 atom stereocenters. The van der Waals surface area contributed by atoms with E-state index in [9.17, 15) is 0 Å². The Labute approximate surface area is 124 Å². The van der Waals surface area contributed by atoms with Crippen LogP contribution in [-0.2, 0) is 4.74 Å². The quantitative estimate of drug-likeness (QED) is 0.606. The Bertz CT molecular complexity index is 368. The highest BCUT2D eigenvalue weighted by molar-refractivity contribution is 5.29. The van der Waals surface area contributed by atoms with Crippen LogP contribution < -0.4 is 4.74 Å². The van der Waals surface area contributed by atoms with Crippen molar-refractivity contribution in [2.24, 2.45) is 11.8 Å². The first-order valence-corrected chi connectivity index (χ1v) is 7.82. The Hall–Kier alpha value is -1.02. The van der Waals surface area contributed by atoms with Gasteiger partial charge in [0.1, 0.15) is 5.75 Å². The summed E-state index contributed by atoms with van der Waals surface area (Å²) in [6, 6.07) is 8.41. The molecule has 2 nitrogen and oxygen atoms in total. The molecule has 2 heteroatoms. The minimum Gasteiger partial charge on any atom is -0.465 e. The molecule has 0 saturated carbocycles. The summed E-state index contributed by atoms with van der Waals surface area (Å²) < 4.78 is 11.8. The molecule has 2 unspecified atom stereocenters. The van der Waals surface area contributed by atoms with Gasteiger partial charge < -0.3 is 9.47 Å². The van der Waals surface area contributed by atoms with Crippen molar-refractivity contribution in [3.8, 4) is 5.75 Å². The molecule has 1 rings (SSSR count). The molecule has 0 bridgehead atoms. The Morgan fingerprint density at radius 3 is 2.00 bits per heavy atom. The number of benzene rings is 1. The summed E-state index contributed by atoms with van der Waals surface area (Å²) in [5.41, 5.74) is 1.36. The second-order valence-electron chi connectivity index (χ2n) is 6.34. The molecule has 0 N–H and O–H groups in total. The van der Waals surface area contributed by atoms with Crippen LogP contribution in [0.3, 0.4) is 0 Å². The average Bonchev–Trinajstić information content (AvgIpc) is 2.42. The predicted molar refractivity (Wildman–Crippen MR) is 85.2 cm³/mol. The minimum absolute atomic E-state index is 0.174. The minimum atomic E-state index is -0.174. The normalized spacial score (nSPS) is 14.6. The standard InChI is InChI=1S/C18H30O2/c1-7-15(6)16-8-10-17(11-9-16)20-18(14(4)5)19-12-13(2)3/h8-11,13-15,18H,7,12H2,1-6H3. The van der Waals surface area contributed by atoms with Gasteiger partial charge in [-0.3, -0.25) is 0 Å². The molecule has 20 heavy (non-hydrogen) atoms. The fourth-order valence-electron chi connectivity index (χ4n) is 1.89. The predicted octanol–water partition coefficient (Wildman–Crippen LogP) is 5.23. The van der Waals surface area contributed by atoms with E-state index in [2.05, 4.69) is 65.8 Å². The van der Waals surface area contributed by atoms with E-state index in [0.717, 1.165) is 18.8 Å². The summed E-state index contributed by atoms with van der Waals surface area (Å²) in [5, 5.41) is 0. The zero-order chi connectivity index (χ0) is 15.1. The molecule has 0 saturated heterocycles. The molecular formula is C18H30O2. The largest absolute Gasteiger partial charge is 0.465 e. The second-order valence-corrected chi connectivity index (χ2v) is 6.34. The van der Waals surface area contributed by atoms with Gasteiger partial charge in [-0.15, -0.1) is 0 Å². The summed E-state index contributed by atoms with van der Waals surface area (Å²) in [6.45, 7) is 13.7. The SMILES string of the molecule is CCC(C)c1ccc(OC(OCC(C)C)C(C)C)cc1. The van der Waals surface area contributed by atoms with E-state index in [-0.39, 0.29) is 6.29 Å². The Morgan fingerprint density at radius 2 is 1.55 bits per heavy atom. The molecule has 1 aromatic carbocycles. The molecule has 0 radical (unpaired) electrons. The lowest BCUT2D eigenvalue weighted by Crippen LogP contribution is -2.28. The smallest absolute Gasteiger partial charge is 0.202 e. The van der Waals surface area contributed by atoms with Crippen LogP contribution in [0.2, 0.25) is 0 Å². The zero-order valence-electron chi connectivity index (χ0n) is 13.8. The third-order valence-corrected chi connectivity index (χ3v) is 3.45. The molecule has 0 amide bonds. The third-order valence-electron chi connectivity index (χ3n) is 3.45. The first kappa shape index (κ1) is 17.0. The molecule has 0 fully saturated rings. The fourth-order valence-corrected chi connectivity index (χ4v) is 1.89. The molecule has 0 aliphatic carbocycles. The van der Waals surface area contributed by atoms with Crippen LogP contribution in [0.1, 0.15) is 59.4 Å². The fraction of sp³-hybridized carbons (Fsp3) is 0.667. The third kappa shape index (κ3) is 5.54. The first-order valence-electron chi connectivity index (χ1n) is 7.82. The molecule has 1 aromatic rings. The highest BCUT2D eigenvalue weighted by Crippen LogP contribution is 2.23. The van der Waals surface area contributed by atoms with Crippen molar-refractivity contribution in [2.75, 3.05) is 6.61 Å². The zero-order valence-corrected chi connectivity index (χ0v) is 13.8. The number of hydrogen-bond acceptors (Lipinski definition) is 2. The van der Waals surface area contributed by atoms with E-state index in [4.69, 9.17) is 9.47 Å². The van der Waals surface area contributed by atoms with Gasteiger partial charge in [0.15, 0.2) is 0 Å². The van der Waals surface area contributed by atoms with Gasteiger partial charge in [-0.2, -0.15) is 0 Å². The molecule has 114 valence electrons. The molecule has 0 aliphatic rings. The molecule has 0 spiro atoms. The van der Waals surface area contributed by atoms with Crippen LogP contribution >= 0.6 is 0 Å². The Morgan fingerprint density at radius 1 is 0.950 bits per heavy atom. The summed E-state index contributed by atoms with van der Waals surface area (Å²) in [5.74, 6) is 2.34. The maximum Gasteiger partial charge on any atom is 0.202 e. The maximum absolute atomic E-state index is 5.97. The van der Waals surface area contributed by atoms with Gasteiger partial charge >= 0.3 is 0 Å².